The lowest BCUT2D eigenvalue weighted by Gasteiger charge is -2.31. The van der Waals surface area contributed by atoms with E-state index in [2.05, 4.69) is 4.98 Å². The third-order valence-corrected chi connectivity index (χ3v) is 3.74. The average molecular weight is 276 g/mol. The number of hydrogen-bond donors (Lipinski definition) is 1. The number of anilines is 1. The molecule has 0 bridgehead atoms. The number of hydrogen-bond acceptors (Lipinski definition) is 5. The predicted octanol–water partition coefficient (Wildman–Crippen LogP) is 1.45. The zero-order valence-corrected chi connectivity index (χ0v) is 11.0. The van der Waals surface area contributed by atoms with Crippen molar-refractivity contribution in [2.24, 2.45) is 5.92 Å². The van der Waals surface area contributed by atoms with Gasteiger partial charge in [0.15, 0.2) is 0 Å². The smallest absolute Gasteiger partial charge is 0.372 e. The molecule has 20 heavy (non-hydrogen) atoms. The molecule has 3 rings (SSSR count). The molecule has 1 N–H and O–H groups in total. The second-order valence-electron chi connectivity index (χ2n) is 5.08. The van der Waals surface area contributed by atoms with Gasteiger partial charge < -0.3 is 20.1 Å². The molecule has 7 heteroatoms. The fourth-order valence-electron chi connectivity index (χ4n) is 2.76. The molecule has 2 aromatic heterocycles. The SMILES string of the molecule is O=[N+]([O-])c1c(N2CCC[C@H](CO)C2)nc2ccccn12. The fraction of sp³-hybridized carbons (Fsp3) is 0.462. The summed E-state index contributed by atoms with van der Waals surface area (Å²) in [5.74, 6) is 0.562. The second-order valence-corrected chi connectivity index (χ2v) is 5.08. The third-order valence-electron chi connectivity index (χ3n) is 3.74. The first kappa shape index (κ1) is 12.9. The molecular formula is C13H16N4O3. The molecule has 0 aromatic carbocycles. The van der Waals surface area contributed by atoms with E-state index in [0.717, 1.165) is 19.4 Å². The Hall–Kier alpha value is -2.15. The minimum Gasteiger partial charge on any atom is -0.396 e. The van der Waals surface area contributed by atoms with E-state index in [1.807, 2.05) is 11.0 Å². The molecule has 0 unspecified atom stereocenters. The zero-order valence-electron chi connectivity index (χ0n) is 11.0. The number of pyridine rings is 1. The van der Waals surface area contributed by atoms with Gasteiger partial charge in [-0.1, -0.05) is 6.07 Å². The van der Waals surface area contributed by atoms with E-state index in [1.54, 1.807) is 18.3 Å². The summed E-state index contributed by atoms with van der Waals surface area (Å²) in [6, 6.07) is 5.31. The third kappa shape index (κ3) is 2.09. The number of aliphatic hydroxyl groups is 1. The van der Waals surface area contributed by atoms with Crippen molar-refractivity contribution in [1.29, 1.82) is 0 Å². The molecule has 0 spiro atoms. The summed E-state index contributed by atoms with van der Waals surface area (Å²) >= 11 is 0. The molecule has 2 aromatic rings. The standard InChI is InChI=1S/C13H16N4O3/c18-9-10-4-3-6-15(8-10)12-13(17(19)20)16-7-2-1-5-11(16)14-12/h1-2,5,7,10,18H,3-4,6,8-9H2/t10-/m0/s1. The highest BCUT2D eigenvalue weighted by Gasteiger charge is 2.30. The molecule has 3 heterocycles. The van der Waals surface area contributed by atoms with Crippen LogP contribution in [0, 0.1) is 16.0 Å². The van der Waals surface area contributed by atoms with Gasteiger partial charge in [0.05, 0.1) is 6.20 Å². The minimum atomic E-state index is -0.391. The lowest BCUT2D eigenvalue weighted by atomic mass is 9.99. The molecule has 1 aliphatic heterocycles. The summed E-state index contributed by atoms with van der Waals surface area (Å²) in [7, 11) is 0. The minimum absolute atomic E-state index is 0.000750. The Kier molecular flexibility index (Phi) is 3.27. The highest BCUT2D eigenvalue weighted by Crippen LogP contribution is 2.31. The van der Waals surface area contributed by atoms with Crippen LogP contribution in [0.5, 0.6) is 0 Å². The zero-order chi connectivity index (χ0) is 14.1. The van der Waals surface area contributed by atoms with Crippen LogP contribution in [0.25, 0.3) is 5.65 Å². The molecule has 0 radical (unpaired) electrons. The van der Waals surface area contributed by atoms with Crippen molar-refractivity contribution in [3.8, 4) is 0 Å². The van der Waals surface area contributed by atoms with Crippen LogP contribution in [0.1, 0.15) is 12.8 Å². The molecule has 1 saturated heterocycles. The maximum absolute atomic E-state index is 11.4. The second kappa shape index (κ2) is 5.09. The van der Waals surface area contributed by atoms with E-state index in [9.17, 15) is 15.2 Å². The van der Waals surface area contributed by atoms with Gasteiger partial charge in [0.25, 0.3) is 0 Å². The number of rotatable bonds is 3. The lowest BCUT2D eigenvalue weighted by molar-refractivity contribution is -0.389. The van der Waals surface area contributed by atoms with Crippen molar-refractivity contribution in [3.63, 3.8) is 0 Å². The number of nitrogens with zero attached hydrogens (tertiary/aromatic N) is 4. The molecule has 106 valence electrons. The van der Waals surface area contributed by atoms with Crippen LogP contribution in [-0.4, -0.2) is 39.1 Å². The highest BCUT2D eigenvalue weighted by atomic mass is 16.6. The van der Waals surface area contributed by atoms with E-state index in [4.69, 9.17) is 0 Å². The molecule has 7 nitrogen and oxygen atoms in total. The van der Waals surface area contributed by atoms with Crippen LogP contribution in [0.2, 0.25) is 0 Å². The van der Waals surface area contributed by atoms with Gasteiger partial charge in [-0.25, -0.2) is 0 Å². The van der Waals surface area contributed by atoms with Crippen LogP contribution in [-0.2, 0) is 0 Å². The number of imidazole rings is 1. The normalized spacial score (nSPS) is 19.4. The summed E-state index contributed by atoms with van der Waals surface area (Å²) in [4.78, 5) is 17.3. The summed E-state index contributed by atoms with van der Waals surface area (Å²) in [5.41, 5.74) is 0.570. The van der Waals surface area contributed by atoms with Gasteiger partial charge in [-0.05, 0) is 29.7 Å². The maximum atomic E-state index is 11.4. The number of fused-ring (bicyclic) bond motifs is 1. The Morgan fingerprint density at radius 3 is 3.10 bits per heavy atom. The topological polar surface area (TPSA) is 83.9 Å². The van der Waals surface area contributed by atoms with E-state index in [-0.39, 0.29) is 18.3 Å². The highest BCUT2D eigenvalue weighted by molar-refractivity contribution is 5.63. The summed E-state index contributed by atoms with van der Waals surface area (Å²) in [6.07, 6.45) is 3.52. The summed E-state index contributed by atoms with van der Waals surface area (Å²) < 4.78 is 1.50. The van der Waals surface area contributed by atoms with Crippen LogP contribution < -0.4 is 4.90 Å². The van der Waals surface area contributed by atoms with E-state index in [1.165, 1.54) is 4.40 Å². The van der Waals surface area contributed by atoms with Crippen molar-refractivity contribution in [3.05, 3.63) is 34.5 Å². The Morgan fingerprint density at radius 2 is 2.35 bits per heavy atom. The first-order valence-electron chi connectivity index (χ1n) is 6.68. The van der Waals surface area contributed by atoms with Gasteiger partial charge in [-0.2, -0.15) is 9.38 Å². The van der Waals surface area contributed by atoms with Crippen LogP contribution in [0.15, 0.2) is 24.4 Å². The Labute approximate surface area is 115 Å². The molecule has 1 aliphatic rings. The van der Waals surface area contributed by atoms with Crippen molar-refractivity contribution >= 4 is 17.3 Å². The number of nitro groups is 1. The van der Waals surface area contributed by atoms with Gasteiger partial charge in [0.2, 0.25) is 11.5 Å². The molecule has 0 aliphatic carbocycles. The monoisotopic (exact) mass is 276 g/mol. The van der Waals surface area contributed by atoms with Crippen molar-refractivity contribution in [2.75, 3.05) is 24.6 Å². The molecule has 0 amide bonds. The van der Waals surface area contributed by atoms with Crippen molar-refractivity contribution in [2.45, 2.75) is 12.8 Å². The van der Waals surface area contributed by atoms with E-state index >= 15 is 0 Å². The van der Waals surface area contributed by atoms with Crippen LogP contribution in [0.3, 0.4) is 0 Å². The fourth-order valence-corrected chi connectivity index (χ4v) is 2.76. The van der Waals surface area contributed by atoms with Gasteiger partial charge in [-0.15, -0.1) is 0 Å². The Bertz CT molecular complexity index is 640. The number of piperidine rings is 1. The Morgan fingerprint density at radius 1 is 1.50 bits per heavy atom. The maximum Gasteiger partial charge on any atom is 0.372 e. The average Bonchev–Trinajstić information content (AvgIpc) is 2.87. The van der Waals surface area contributed by atoms with Gasteiger partial charge in [0, 0.05) is 25.8 Å². The van der Waals surface area contributed by atoms with Crippen LogP contribution >= 0.6 is 0 Å². The van der Waals surface area contributed by atoms with Crippen LogP contribution in [0.4, 0.5) is 11.6 Å². The number of aliphatic hydroxyl groups excluding tert-OH is 1. The number of aromatic nitrogens is 2. The lowest BCUT2D eigenvalue weighted by Crippen LogP contribution is -2.37. The quantitative estimate of drug-likeness (QED) is 0.677. The predicted molar refractivity (Wildman–Crippen MR) is 73.9 cm³/mol. The Balaban J connectivity index is 2.06. The van der Waals surface area contributed by atoms with E-state index < -0.39 is 4.92 Å². The van der Waals surface area contributed by atoms with Gasteiger partial charge in [-0.3, -0.25) is 0 Å². The van der Waals surface area contributed by atoms with Crippen molar-refractivity contribution in [1.82, 2.24) is 9.38 Å². The first-order valence-corrected chi connectivity index (χ1v) is 6.68. The molecule has 0 saturated carbocycles. The molecule has 1 atom stereocenters. The summed E-state index contributed by atoms with van der Waals surface area (Å²) in [6.45, 7) is 1.46. The van der Waals surface area contributed by atoms with Gasteiger partial charge >= 0.3 is 5.82 Å². The van der Waals surface area contributed by atoms with E-state index in [0.29, 0.717) is 18.0 Å². The van der Waals surface area contributed by atoms with Gasteiger partial charge in [0.1, 0.15) is 0 Å². The summed E-state index contributed by atoms with van der Waals surface area (Å²) in [5, 5.41) is 20.6. The largest absolute Gasteiger partial charge is 0.396 e. The first-order chi connectivity index (χ1) is 9.70. The molecule has 1 fully saturated rings. The van der Waals surface area contributed by atoms with Crippen molar-refractivity contribution < 1.29 is 10.0 Å². The molecular weight excluding hydrogens is 260 g/mol.